The molecule has 17 heavy (non-hydrogen) atoms. The van der Waals surface area contributed by atoms with Crippen molar-refractivity contribution in [2.24, 2.45) is 0 Å². The maximum atomic E-state index is 5.96. The predicted molar refractivity (Wildman–Crippen MR) is 72.0 cm³/mol. The SMILES string of the molecule is Cc1cc2c(N)nc(-c3ccccc3)nc2s1. The van der Waals surface area contributed by atoms with E-state index in [0.717, 1.165) is 15.8 Å². The van der Waals surface area contributed by atoms with Gasteiger partial charge in [-0.05, 0) is 13.0 Å². The molecule has 0 aliphatic heterocycles. The molecule has 0 aliphatic carbocycles. The molecule has 4 heteroatoms. The van der Waals surface area contributed by atoms with E-state index in [9.17, 15) is 0 Å². The fraction of sp³-hybridized carbons (Fsp3) is 0.0769. The second-order valence-corrected chi connectivity index (χ2v) is 5.11. The van der Waals surface area contributed by atoms with Gasteiger partial charge in [-0.15, -0.1) is 11.3 Å². The van der Waals surface area contributed by atoms with Crippen LogP contribution in [-0.2, 0) is 0 Å². The Morgan fingerprint density at radius 3 is 2.65 bits per heavy atom. The third-order valence-corrected chi connectivity index (χ3v) is 3.52. The Kier molecular flexibility index (Phi) is 2.30. The minimum absolute atomic E-state index is 0.554. The Bertz CT molecular complexity index is 674. The van der Waals surface area contributed by atoms with Gasteiger partial charge in [-0.3, -0.25) is 0 Å². The first-order chi connectivity index (χ1) is 8.24. The zero-order valence-electron chi connectivity index (χ0n) is 9.34. The molecule has 0 fully saturated rings. The van der Waals surface area contributed by atoms with E-state index in [1.807, 2.05) is 43.3 Å². The second kappa shape index (κ2) is 3.82. The van der Waals surface area contributed by atoms with Crippen LogP contribution in [0.5, 0.6) is 0 Å². The van der Waals surface area contributed by atoms with Crippen molar-refractivity contribution in [3.63, 3.8) is 0 Å². The van der Waals surface area contributed by atoms with Crippen molar-refractivity contribution in [3.8, 4) is 11.4 Å². The summed E-state index contributed by atoms with van der Waals surface area (Å²) in [6, 6.07) is 11.9. The molecule has 2 N–H and O–H groups in total. The van der Waals surface area contributed by atoms with Crippen molar-refractivity contribution in [3.05, 3.63) is 41.3 Å². The highest BCUT2D eigenvalue weighted by Gasteiger charge is 2.09. The average molecular weight is 241 g/mol. The van der Waals surface area contributed by atoms with E-state index >= 15 is 0 Å². The summed E-state index contributed by atoms with van der Waals surface area (Å²) in [5.74, 6) is 1.25. The number of hydrogen-bond donors (Lipinski definition) is 1. The number of anilines is 1. The minimum atomic E-state index is 0.554. The molecule has 84 valence electrons. The molecule has 0 amide bonds. The molecule has 0 atom stereocenters. The number of benzene rings is 1. The van der Waals surface area contributed by atoms with Crippen LogP contribution < -0.4 is 5.73 Å². The van der Waals surface area contributed by atoms with Gasteiger partial charge in [0.1, 0.15) is 10.6 Å². The van der Waals surface area contributed by atoms with Crippen LogP contribution >= 0.6 is 11.3 Å². The van der Waals surface area contributed by atoms with Crippen molar-refractivity contribution in [1.29, 1.82) is 0 Å². The molecule has 1 aromatic carbocycles. The van der Waals surface area contributed by atoms with Crippen molar-refractivity contribution < 1.29 is 0 Å². The van der Waals surface area contributed by atoms with E-state index in [4.69, 9.17) is 5.73 Å². The van der Waals surface area contributed by atoms with Crippen molar-refractivity contribution >= 4 is 27.4 Å². The molecule has 0 bridgehead atoms. The summed E-state index contributed by atoms with van der Waals surface area (Å²) in [4.78, 5) is 11.1. The molecule has 2 heterocycles. The zero-order chi connectivity index (χ0) is 11.8. The van der Waals surface area contributed by atoms with Gasteiger partial charge in [0.2, 0.25) is 0 Å². The van der Waals surface area contributed by atoms with Gasteiger partial charge in [0.25, 0.3) is 0 Å². The standard InChI is InChI=1S/C13H11N3S/c1-8-7-10-11(14)15-12(16-13(10)17-8)9-5-3-2-4-6-9/h2-7H,1H3,(H2,14,15,16). The lowest BCUT2D eigenvalue weighted by molar-refractivity contribution is 1.24. The third kappa shape index (κ3) is 1.76. The lowest BCUT2D eigenvalue weighted by Gasteiger charge is -2.01. The predicted octanol–water partition coefficient (Wildman–Crippen LogP) is 3.25. The molecule has 3 rings (SSSR count). The molecule has 2 aromatic heterocycles. The van der Waals surface area contributed by atoms with Gasteiger partial charge in [0.05, 0.1) is 5.39 Å². The summed E-state index contributed by atoms with van der Waals surface area (Å²) in [6.45, 7) is 2.05. The van der Waals surface area contributed by atoms with Gasteiger partial charge in [0.15, 0.2) is 5.82 Å². The number of hydrogen-bond acceptors (Lipinski definition) is 4. The molecular weight excluding hydrogens is 230 g/mol. The first-order valence-corrected chi connectivity index (χ1v) is 6.15. The number of nitrogens with zero attached hydrogens (tertiary/aromatic N) is 2. The van der Waals surface area contributed by atoms with E-state index in [-0.39, 0.29) is 0 Å². The van der Waals surface area contributed by atoms with Crippen LogP contribution in [0.3, 0.4) is 0 Å². The Morgan fingerprint density at radius 2 is 1.88 bits per heavy atom. The molecule has 0 saturated heterocycles. The molecular formula is C13H11N3S. The molecule has 0 spiro atoms. The number of thiophene rings is 1. The maximum absolute atomic E-state index is 5.96. The highest BCUT2D eigenvalue weighted by molar-refractivity contribution is 7.18. The highest BCUT2D eigenvalue weighted by Crippen LogP contribution is 2.29. The maximum Gasteiger partial charge on any atom is 0.163 e. The number of nitrogen functional groups attached to an aromatic ring is 1. The van der Waals surface area contributed by atoms with Crippen molar-refractivity contribution in [2.45, 2.75) is 6.92 Å². The van der Waals surface area contributed by atoms with Crippen LogP contribution in [-0.4, -0.2) is 9.97 Å². The smallest absolute Gasteiger partial charge is 0.163 e. The van der Waals surface area contributed by atoms with E-state index in [2.05, 4.69) is 9.97 Å². The normalized spacial score (nSPS) is 10.9. The van der Waals surface area contributed by atoms with Crippen LogP contribution in [0.2, 0.25) is 0 Å². The van der Waals surface area contributed by atoms with Crippen molar-refractivity contribution in [1.82, 2.24) is 9.97 Å². The second-order valence-electron chi connectivity index (χ2n) is 3.87. The van der Waals surface area contributed by atoms with Gasteiger partial charge in [-0.1, -0.05) is 30.3 Å². The van der Waals surface area contributed by atoms with Crippen LogP contribution in [0.25, 0.3) is 21.6 Å². The highest BCUT2D eigenvalue weighted by atomic mass is 32.1. The Balaban J connectivity index is 2.25. The van der Waals surface area contributed by atoms with Crippen LogP contribution in [0.1, 0.15) is 4.88 Å². The summed E-state index contributed by atoms with van der Waals surface area (Å²) in [7, 11) is 0. The van der Waals surface area contributed by atoms with E-state index < -0.39 is 0 Å². The van der Waals surface area contributed by atoms with Gasteiger partial charge >= 0.3 is 0 Å². The lowest BCUT2D eigenvalue weighted by atomic mass is 10.2. The fourth-order valence-corrected chi connectivity index (χ4v) is 2.67. The van der Waals surface area contributed by atoms with Crippen LogP contribution in [0.4, 0.5) is 5.82 Å². The van der Waals surface area contributed by atoms with Gasteiger partial charge in [-0.2, -0.15) is 0 Å². The summed E-state index contributed by atoms with van der Waals surface area (Å²) >= 11 is 1.64. The quantitative estimate of drug-likeness (QED) is 0.711. The van der Waals surface area contributed by atoms with Crippen molar-refractivity contribution in [2.75, 3.05) is 5.73 Å². The monoisotopic (exact) mass is 241 g/mol. The van der Waals surface area contributed by atoms with E-state index in [0.29, 0.717) is 11.6 Å². The van der Waals surface area contributed by atoms with E-state index in [1.165, 1.54) is 4.88 Å². The summed E-state index contributed by atoms with van der Waals surface area (Å²) in [5.41, 5.74) is 6.96. The topological polar surface area (TPSA) is 51.8 Å². The molecule has 0 radical (unpaired) electrons. The average Bonchev–Trinajstić information content (AvgIpc) is 2.71. The van der Waals surface area contributed by atoms with Crippen LogP contribution in [0, 0.1) is 6.92 Å². The number of fused-ring (bicyclic) bond motifs is 1. The Labute approximate surface area is 103 Å². The molecule has 3 aromatic rings. The Morgan fingerprint density at radius 1 is 1.12 bits per heavy atom. The van der Waals surface area contributed by atoms with Gasteiger partial charge < -0.3 is 5.73 Å². The number of rotatable bonds is 1. The lowest BCUT2D eigenvalue weighted by Crippen LogP contribution is -1.95. The molecule has 0 aliphatic rings. The van der Waals surface area contributed by atoms with Gasteiger partial charge in [0, 0.05) is 10.4 Å². The number of aryl methyl sites for hydroxylation is 1. The number of aromatic nitrogens is 2. The summed E-state index contributed by atoms with van der Waals surface area (Å²) < 4.78 is 0. The first-order valence-electron chi connectivity index (χ1n) is 5.33. The zero-order valence-corrected chi connectivity index (χ0v) is 10.2. The van der Waals surface area contributed by atoms with Crippen LogP contribution in [0.15, 0.2) is 36.4 Å². The fourth-order valence-electron chi connectivity index (χ4n) is 1.78. The largest absolute Gasteiger partial charge is 0.383 e. The molecule has 0 unspecified atom stereocenters. The van der Waals surface area contributed by atoms with Gasteiger partial charge in [-0.25, -0.2) is 9.97 Å². The molecule has 3 nitrogen and oxygen atoms in total. The van der Waals surface area contributed by atoms with E-state index in [1.54, 1.807) is 11.3 Å². The Hall–Kier alpha value is -1.94. The molecule has 0 saturated carbocycles. The minimum Gasteiger partial charge on any atom is -0.383 e. The first kappa shape index (κ1) is 10.2. The summed E-state index contributed by atoms with van der Waals surface area (Å²) in [6.07, 6.45) is 0. The number of nitrogens with two attached hydrogens (primary N) is 1. The third-order valence-electron chi connectivity index (χ3n) is 2.58. The summed E-state index contributed by atoms with van der Waals surface area (Å²) in [5, 5.41) is 0.951.